The van der Waals surface area contributed by atoms with Crippen LogP contribution in [0.1, 0.15) is 36.5 Å². The summed E-state index contributed by atoms with van der Waals surface area (Å²) in [4.78, 5) is 25.3. The number of piperidine rings is 1. The van der Waals surface area contributed by atoms with E-state index in [9.17, 15) is 14.0 Å². The summed E-state index contributed by atoms with van der Waals surface area (Å²) in [6, 6.07) is 4.01. The minimum atomic E-state index is -0.588. The van der Waals surface area contributed by atoms with E-state index in [1.54, 1.807) is 4.90 Å². The number of halogens is 1. The van der Waals surface area contributed by atoms with Crippen LogP contribution in [0.3, 0.4) is 0 Å². The lowest BCUT2D eigenvalue weighted by atomic mass is 10.1. The molecule has 2 rings (SSSR count). The Balaban J connectivity index is 1.96. The number of amides is 2. The molecule has 0 bridgehead atoms. The number of nitrogens with one attached hydrogen (secondary N) is 1. The first-order chi connectivity index (χ1) is 11.5. The van der Waals surface area contributed by atoms with Gasteiger partial charge in [-0.1, -0.05) is 0 Å². The summed E-state index contributed by atoms with van der Waals surface area (Å²) in [6.07, 6.45) is 2.39. The van der Waals surface area contributed by atoms with Gasteiger partial charge < -0.3 is 20.7 Å². The number of benzene rings is 1. The van der Waals surface area contributed by atoms with Gasteiger partial charge in [-0.15, -0.1) is 0 Å². The number of carbonyl (C=O) groups is 2. The number of ether oxygens (including phenoxy) is 1. The molecular weight excluding hydrogens is 313 g/mol. The second-order valence-electron chi connectivity index (χ2n) is 5.88. The highest BCUT2D eigenvalue weighted by Crippen LogP contribution is 2.20. The quantitative estimate of drug-likeness (QED) is 0.775. The standard InChI is InChI=1S/C17H24FN3O3/c1-12(22)20-13-3-4-16(18)15(11-13)17(23)21-8-5-14(6-9-21)24-10-2-7-19/h3-4,11,14H,2,5-10,19H2,1H3,(H,20,22). The summed E-state index contributed by atoms with van der Waals surface area (Å²) in [7, 11) is 0. The maximum absolute atomic E-state index is 14.0. The van der Waals surface area contributed by atoms with Crippen LogP contribution >= 0.6 is 0 Å². The molecule has 6 nitrogen and oxygen atoms in total. The van der Waals surface area contributed by atoms with E-state index >= 15 is 0 Å². The van der Waals surface area contributed by atoms with Gasteiger partial charge in [0.25, 0.3) is 5.91 Å². The molecule has 1 fully saturated rings. The summed E-state index contributed by atoms with van der Waals surface area (Å²) >= 11 is 0. The molecule has 0 saturated carbocycles. The monoisotopic (exact) mass is 337 g/mol. The Labute approximate surface area is 141 Å². The maximum Gasteiger partial charge on any atom is 0.256 e. The van der Waals surface area contributed by atoms with Gasteiger partial charge >= 0.3 is 0 Å². The molecule has 1 heterocycles. The van der Waals surface area contributed by atoms with Crippen LogP contribution in [0, 0.1) is 5.82 Å². The minimum absolute atomic E-state index is 0.0243. The van der Waals surface area contributed by atoms with E-state index in [4.69, 9.17) is 10.5 Å². The molecule has 24 heavy (non-hydrogen) atoms. The summed E-state index contributed by atoms with van der Waals surface area (Å²) in [5.74, 6) is -1.22. The summed E-state index contributed by atoms with van der Waals surface area (Å²) < 4.78 is 19.7. The second kappa shape index (κ2) is 8.75. The zero-order valence-electron chi connectivity index (χ0n) is 13.9. The molecule has 1 aromatic carbocycles. The van der Waals surface area contributed by atoms with E-state index in [-0.39, 0.29) is 23.5 Å². The van der Waals surface area contributed by atoms with Gasteiger partial charge in [0.1, 0.15) is 5.82 Å². The summed E-state index contributed by atoms with van der Waals surface area (Å²) in [6.45, 7) is 3.63. The number of likely N-dealkylation sites (tertiary alicyclic amines) is 1. The molecule has 7 heteroatoms. The zero-order valence-corrected chi connectivity index (χ0v) is 13.9. The molecule has 1 aromatic rings. The van der Waals surface area contributed by atoms with Gasteiger partial charge in [0.2, 0.25) is 5.91 Å². The Morgan fingerprint density at radius 3 is 2.71 bits per heavy atom. The fourth-order valence-corrected chi connectivity index (χ4v) is 2.70. The van der Waals surface area contributed by atoms with Crippen molar-refractivity contribution in [1.29, 1.82) is 0 Å². The van der Waals surface area contributed by atoms with Crippen molar-refractivity contribution in [2.45, 2.75) is 32.3 Å². The highest BCUT2D eigenvalue weighted by molar-refractivity contribution is 5.97. The van der Waals surface area contributed by atoms with Gasteiger partial charge in [0.05, 0.1) is 11.7 Å². The van der Waals surface area contributed by atoms with Crippen molar-refractivity contribution in [2.24, 2.45) is 5.73 Å². The largest absolute Gasteiger partial charge is 0.378 e. The maximum atomic E-state index is 14.0. The predicted octanol–water partition coefficient (Wildman–Crippen LogP) is 1.75. The number of nitrogens with two attached hydrogens (primary N) is 1. The number of hydrogen-bond acceptors (Lipinski definition) is 4. The predicted molar refractivity (Wildman–Crippen MR) is 89.3 cm³/mol. The van der Waals surface area contributed by atoms with Gasteiger partial charge in [-0.3, -0.25) is 9.59 Å². The third-order valence-electron chi connectivity index (χ3n) is 3.95. The van der Waals surface area contributed by atoms with Crippen molar-refractivity contribution in [3.63, 3.8) is 0 Å². The van der Waals surface area contributed by atoms with Gasteiger partial charge in [-0.2, -0.15) is 0 Å². The average Bonchev–Trinajstić information content (AvgIpc) is 2.56. The Hall–Kier alpha value is -1.99. The van der Waals surface area contributed by atoms with Crippen LogP contribution in [0.2, 0.25) is 0 Å². The molecule has 0 radical (unpaired) electrons. The number of hydrogen-bond donors (Lipinski definition) is 2. The normalized spacial score (nSPS) is 15.4. The third-order valence-corrected chi connectivity index (χ3v) is 3.95. The van der Waals surface area contributed by atoms with Crippen molar-refractivity contribution in [2.75, 3.05) is 31.6 Å². The molecule has 0 aromatic heterocycles. The zero-order chi connectivity index (χ0) is 17.5. The molecule has 1 aliphatic rings. The fraction of sp³-hybridized carbons (Fsp3) is 0.529. The van der Waals surface area contributed by atoms with E-state index in [1.165, 1.54) is 25.1 Å². The minimum Gasteiger partial charge on any atom is -0.378 e. The number of anilines is 1. The van der Waals surface area contributed by atoms with E-state index in [0.717, 1.165) is 19.3 Å². The van der Waals surface area contributed by atoms with Crippen LogP contribution in [0.4, 0.5) is 10.1 Å². The van der Waals surface area contributed by atoms with E-state index in [0.29, 0.717) is 31.9 Å². The summed E-state index contributed by atoms with van der Waals surface area (Å²) in [5, 5.41) is 2.56. The Kier molecular flexibility index (Phi) is 6.69. The lowest BCUT2D eigenvalue weighted by Crippen LogP contribution is -2.41. The van der Waals surface area contributed by atoms with Gasteiger partial charge in [0, 0.05) is 32.3 Å². The van der Waals surface area contributed by atoms with Crippen LogP contribution in [0.15, 0.2) is 18.2 Å². The molecule has 0 unspecified atom stereocenters. The van der Waals surface area contributed by atoms with Crippen LogP contribution in [-0.2, 0) is 9.53 Å². The van der Waals surface area contributed by atoms with Crippen LogP contribution in [0.25, 0.3) is 0 Å². The van der Waals surface area contributed by atoms with E-state index < -0.39 is 5.82 Å². The second-order valence-corrected chi connectivity index (χ2v) is 5.88. The third kappa shape index (κ3) is 5.01. The smallest absolute Gasteiger partial charge is 0.256 e. The molecule has 2 amide bonds. The van der Waals surface area contributed by atoms with Crippen molar-refractivity contribution < 1.29 is 18.7 Å². The Morgan fingerprint density at radius 1 is 1.38 bits per heavy atom. The van der Waals surface area contributed by atoms with Crippen molar-refractivity contribution >= 4 is 17.5 Å². The molecule has 132 valence electrons. The van der Waals surface area contributed by atoms with Gasteiger partial charge in [-0.05, 0) is 44.0 Å². The fourth-order valence-electron chi connectivity index (χ4n) is 2.70. The molecule has 1 saturated heterocycles. The molecule has 1 aliphatic heterocycles. The number of nitrogens with zero attached hydrogens (tertiary/aromatic N) is 1. The molecular formula is C17H24FN3O3. The SMILES string of the molecule is CC(=O)Nc1ccc(F)c(C(=O)N2CCC(OCCCN)CC2)c1. The van der Waals surface area contributed by atoms with Gasteiger partial charge in [-0.25, -0.2) is 4.39 Å². The first-order valence-electron chi connectivity index (χ1n) is 8.19. The highest BCUT2D eigenvalue weighted by atomic mass is 19.1. The first kappa shape index (κ1) is 18.4. The van der Waals surface area contributed by atoms with E-state index in [2.05, 4.69) is 5.32 Å². The Bertz CT molecular complexity index is 586. The van der Waals surface area contributed by atoms with Crippen molar-refractivity contribution in [3.05, 3.63) is 29.6 Å². The number of carbonyl (C=O) groups excluding carboxylic acids is 2. The highest BCUT2D eigenvalue weighted by Gasteiger charge is 2.25. The average molecular weight is 337 g/mol. The van der Waals surface area contributed by atoms with Crippen LogP contribution < -0.4 is 11.1 Å². The van der Waals surface area contributed by atoms with Crippen molar-refractivity contribution in [1.82, 2.24) is 4.90 Å². The van der Waals surface area contributed by atoms with Crippen LogP contribution in [-0.4, -0.2) is 49.1 Å². The lowest BCUT2D eigenvalue weighted by Gasteiger charge is -2.32. The topological polar surface area (TPSA) is 84.7 Å². The molecule has 0 spiro atoms. The molecule has 0 atom stereocenters. The number of rotatable bonds is 6. The summed E-state index contributed by atoms with van der Waals surface area (Å²) in [5.41, 5.74) is 5.82. The van der Waals surface area contributed by atoms with Crippen molar-refractivity contribution in [3.8, 4) is 0 Å². The van der Waals surface area contributed by atoms with Crippen LogP contribution in [0.5, 0.6) is 0 Å². The molecule has 0 aliphatic carbocycles. The van der Waals surface area contributed by atoms with E-state index in [1.807, 2.05) is 0 Å². The van der Waals surface area contributed by atoms with Gasteiger partial charge in [0.15, 0.2) is 0 Å². The lowest BCUT2D eigenvalue weighted by molar-refractivity contribution is -0.114. The first-order valence-corrected chi connectivity index (χ1v) is 8.19. The molecule has 3 N–H and O–H groups in total. The Morgan fingerprint density at radius 2 is 2.08 bits per heavy atom.